The van der Waals surface area contributed by atoms with Crippen LogP contribution < -0.4 is 0 Å². The Morgan fingerprint density at radius 1 is 1.31 bits per heavy atom. The molecular formula is C20H25N5O. The molecule has 1 aromatic carbocycles. The van der Waals surface area contributed by atoms with Gasteiger partial charge < -0.3 is 9.88 Å². The zero-order chi connectivity index (χ0) is 17.9. The Kier molecular flexibility index (Phi) is 4.73. The van der Waals surface area contributed by atoms with Crippen LogP contribution in [-0.4, -0.2) is 43.6 Å². The molecule has 0 aliphatic carbocycles. The fourth-order valence-electron chi connectivity index (χ4n) is 3.83. The maximum absolute atomic E-state index is 12.6. The van der Waals surface area contributed by atoms with E-state index >= 15 is 0 Å². The molecule has 136 valence electrons. The number of aromatic amines is 1. The molecule has 1 atom stereocenters. The lowest BCUT2D eigenvalue weighted by molar-refractivity contribution is -0.133. The van der Waals surface area contributed by atoms with E-state index in [1.807, 2.05) is 40.8 Å². The second-order valence-electron chi connectivity index (χ2n) is 7.20. The molecule has 1 aliphatic rings. The lowest BCUT2D eigenvalue weighted by atomic mass is 9.94. The van der Waals surface area contributed by atoms with Gasteiger partial charge in [-0.2, -0.15) is 5.10 Å². The van der Waals surface area contributed by atoms with Crippen molar-refractivity contribution in [1.82, 2.24) is 24.6 Å². The predicted octanol–water partition coefficient (Wildman–Crippen LogP) is 2.94. The number of hydrogen-bond donors (Lipinski definition) is 1. The predicted molar refractivity (Wildman–Crippen MR) is 101 cm³/mol. The lowest BCUT2D eigenvalue weighted by Gasteiger charge is -2.32. The number of piperidine rings is 1. The summed E-state index contributed by atoms with van der Waals surface area (Å²) in [6, 6.07) is 10.1. The topological polar surface area (TPSA) is 66.8 Å². The van der Waals surface area contributed by atoms with Gasteiger partial charge in [-0.1, -0.05) is 12.1 Å². The van der Waals surface area contributed by atoms with Crippen molar-refractivity contribution in [3.8, 4) is 0 Å². The van der Waals surface area contributed by atoms with E-state index in [9.17, 15) is 4.79 Å². The largest absolute Gasteiger partial charge is 0.342 e. The van der Waals surface area contributed by atoms with Gasteiger partial charge in [0.25, 0.3) is 0 Å². The zero-order valence-electron chi connectivity index (χ0n) is 15.2. The van der Waals surface area contributed by atoms with Gasteiger partial charge in [-0.05, 0) is 43.9 Å². The number of hydrogen-bond acceptors (Lipinski definition) is 3. The van der Waals surface area contributed by atoms with Crippen LogP contribution in [0.5, 0.6) is 0 Å². The highest BCUT2D eigenvalue weighted by Gasteiger charge is 2.24. The number of nitrogens with one attached hydrogen (secondary N) is 1. The van der Waals surface area contributed by atoms with Gasteiger partial charge in [-0.25, -0.2) is 4.98 Å². The third-order valence-electron chi connectivity index (χ3n) is 5.26. The monoisotopic (exact) mass is 351 g/mol. The Morgan fingerprint density at radius 2 is 2.19 bits per heavy atom. The molecule has 1 fully saturated rings. The number of rotatable bonds is 5. The first-order valence-electron chi connectivity index (χ1n) is 9.39. The minimum absolute atomic E-state index is 0.231. The molecule has 3 aromatic rings. The van der Waals surface area contributed by atoms with Gasteiger partial charge in [0, 0.05) is 44.4 Å². The Labute approximate surface area is 153 Å². The molecule has 6 nitrogen and oxygen atoms in total. The lowest BCUT2D eigenvalue weighted by Crippen LogP contribution is -2.41. The zero-order valence-corrected chi connectivity index (χ0v) is 15.2. The first-order valence-corrected chi connectivity index (χ1v) is 9.39. The van der Waals surface area contributed by atoms with Gasteiger partial charge in [-0.15, -0.1) is 0 Å². The fraction of sp³-hybridized carbons (Fsp3) is 0.450. The van der Waals surface area contributed by atoms with E-state index in [0.29, 0.717) is 18.9 Å². The summed E-state index contributed by atoms with van der Waals surface area (Å²) >= 11 is 0. The van der Waals surface area contributed by atoms with Crippen molar-refractivity contribution >= 4 is 16.9 Å². The van der Waals surface area contributed by atoms with Crippen LogP contribution in [0.2, 0.25) is 0 Å². The summed E-state index contributed by atoms with van der Waals surface area (Å²) in [5.74, 6) is 1.73. The molecule has 0 spiro atoms. The Bertz CT molecular complexity index is 863. The molecule has 1 amide bonds. The van der Waals surface area contributed by atoms with E-state index in [-0.39, 0.29) is 5.91 Å². The third kappa shape index (κ3) is 3.64. The van der Waals surface area contributed by atoms with Crippen molar-refractivity contribution in [3.63, 3.8) is 0 Å². The second-order valence-corrected chi connectivity index (χ2v) is 7.20. The molecule has 0 unspecified atom stereocenters. The number of H-pyrrole nitrogens is 1. The van der Waals surface area contributed by atoms with E-state index in [1.54, 1.807) is 6.20 Å². The number of amides is 1. The first kappa shape index (κ1) is 16.8. The number of benzene rings is 1. The van der Waals surface area contributed by atoms with Crippen molar-refractivity contribution in [2.75, 3.05) is 13.1 Å². The molecule has 6 heteroatoms. The van der Waals surface area contributed by atoms with E-state index < -0.39 is 0 Å². The van der Waals surface area contributed by atoms with Crippen molar-refractivity contribution in [2.45, 2.75) is 39.2 Å². The summed E-state index contributed by atoms with van der Waals surface area (Å²) in [4.78, 5) is 22.7. The SMILES string of the molecule is Cc1ccnn1CCC(=O)N1CCC[C@H](Cc2nc3ccccc3[nH]2)C1. The van der Waals surface area contributed by atoms with Gasteiger partial charge >= 0.3 is 0 Å². The smallest absolute Gasteiger partial charge is 0.224 e. The van der Waals surface area contributed by atoms with E-state index in [0.717, 1.165) is 54.9 Å². The number of aryl methyl sites for hydroxylation is 2. The number of carbonyl (C=O) groups is 1. The Morgan fingerprint density at radius 3 is 3.00 bits per heavy atom. The van der Waals surface area contributed by atoms with Crippen LogP contribution in [0.25, 0.3) is 11.0 Å². The van der Waals surface area contributed by atoms with Crippen molar-refractivity contribution in [1.29, 1.82) is 0 Å². The summed E-state index contributed by atoms with van der Waals surface area (Å²) in [6.07, 6.45) is 5.41. The van der Waals surface area contributed by atoms with Crippen LogP contribution in [0.1, 0.15) is 30.8 Å². The average Bonchev–Trinajstić information content (AvgIpc) is 3.25. The third-order valence-corrected chi connectivity index (χ3v) is 5.26. The van der Waals surface area contributed by atoms with Crippen LogP contribution in [0, 0.1) is 12.8 Å². The summed E-state index contributed by atoms with van der Waals surface area (Å²) in [5.41, 5.74) is 3.20. The highest BCUT2D eigenvalue weighted by atomic mass is 16.2. The normalized spacial score (nSPS) is 17.7. The molecular weight excluding hydrogens is 326 g/mol. The van der Waals surface area contributed by atoms with Gasteiger partial charge in [0.15, 0.2) is 0 Å². The molecule has 1 saturated heterocycles. The van der Waals surface area contributed by atoms with Crippen LogP contribution >= 0.6 is 0 Å². The molecule has 4 rings (SSSR count). The van der Waals surface area contributed by atoms with Crippen molar-refractivity contribution in [2.24, 2.45) is 5.92 Å². The van der Waals surface area contributed by atoms with Crippen LogP contribution in [-0.2, 0) is 17.8 Å². The molecule has 0 bridgehead atoms. The van der Waals surface area contributed by atoms with Crippen molar-refractivity contribution < 1.29 is 4.79 Å². The maximum atomic E-state index is 12.6. The van der Waals surface area contributed by atoms with Gasteiger partial charge in [0.2, 0.25) is 5.91 Å². The highest BCUT2D eigenvalue weighted by Crippen LogP contribution is 2.22. The fourth-order valence-corrected chi connectivity index (χ4v) is 3.83. The molecule has 1 N–H and O–H groups in total. The molecule has 0 radical (unpaired) electrons. The second kappa shape index (κ2) is 7.32. The number of imidazole rings is 1. The van der Waals surface area contributed by atoms with E-state index in [1.165, 1.54) is 0 Å². The minimum Gasteiger partial charge on any atom is -0.342 e. The Hall–Kier alpha value is -2.63. The van der Waals surface area contributed by atoms with E-state index in [2.05, 4.69) is 21.1 Å². The molecule has 0 saturated carbocycles. The molecule has 2 aromatic heterocycles. The van der Waals surface area contributed by atoms with Gasteiger partial charge in [-0.3, -0.25) is 9.48 Å². The summed E-state index contributed by atoms with van der Waals surface area (Å²) in [6.45, 7) is 4.37. The van der Waals surface area contributed by atoms with Crippen molar-refractivity contribution in [3.05, 3.63) is 48.0 Å². The van der Waals surface area contributed by atoms with Crippen LogP contribution in [0.15, 0.2) is 36.5 Å². The molecule has 26 heavy (non-hydrogen) atoms. The highest BCUT2D eigenvalue weighted by molar-refractivity contribution is 5.76. The van der Waals surface area contributed by atoms with Crippen LogP contribution in [0.4, 0.5) is 0 Å². The summed E-state index contributed by atoms with van der Waals surface area (Å²) < 4.78 is 1.90. The maximum Gasteiger partial charge on any atom is 0.224 e. The molecule has 1 aliphatic heterocycles. The summed E-state index contributed by atoms with van der Waals surface area (Å²) in [7, 11) is 0. The van der Waals surface area contributed by atoms with E-state index in [4.69, 9.17) is 0 Å². The number of nitrogens with zero attached hydrogens (tertiary/aromatic N) is 4. The Balaban J connectivity index is 1.34. The first-order chi connectivity index (χ1) is 12.7. The quantitative estimate of drug-likeness (QED) is 0.768. The minimum atomic E-state index is 0.231. The average molecular weight is 351 g/mol. The van der Waals surface area contributed by atoms with Gasteiger partial charge in [0.05, 0.1) is 11.0 Å². The van der Waals surface area contributed by atoms with Gasteiger partial charge in [0.1, 0.15) is 5.82 Å². The number of para-hydroxylation sites is 2. The molecule has 3 heterocycles. The number of aromatic nitrogens is 4. The number of fused-ring (bicyclic) bond motifs is 1. The number of likely N-dealkylation sites (tertiary alicyclic amines) is 1. The van der Waals surface area contributed by atoms with Crippen LogP contribution in [0.3, 0.4) is 0 Å². The standard InChI is InChI=1S/C20H25N5O/c1-15-8-10-21-25(15)12-9-20(26)24-11-4-5-16(14-24)13-19-22-17-6-2-3-7-18(17)23-19/h2-3,6-8,10,16H,4-5,9,11-14H2,1H3,(H,22,23)/t16-/m1/s1. The summed E-state index contributed by atoms with van der Waals surface area (Å²) in [5, 5.41) is 4.26. The number of carbonyl (C=O) groups excluding carboxylic acids is 1.